The summed E-state index contributed by atoms with van der Waals surface area (Å²) in [5.41, 5.74) is 0.912. The van der Waals surface area contributed by atoms with Gasteiger partial charge in [0.2, 0.25) is 0 Å². The molecule has 8 heteroatoms. The van der Waals surface area contributed by atoms with Crippen molar-refractivity contribution in [3.63, 3.8) is 0 Å². The number of pyridine rings is 1. The highest BCUT2D eigenvalue weighted by Crippen LogP contribution is 2.31. The molecule has 0 aliphatic carbocycles. The van der Waals surface area contributed by atoms with E-state index in [0.717, 1.165) is 23.5 Å². The third-order valence-electron chi connectivity index (χ3n) is 2.70. The van der Waals surface area contributed by atoms with Gasteiger partial charge in [-0.3, -0.25) is 4.68 Å². The molecule has 0 saturated heterocycles. The molecule has 0 aromatic carbocycles. The van der Waals surface area contributed by atoms with Crippen molar-refractivity contribution >= 4 is 23.4 Å². The molecule has 0 N–H and O–H groups in total. The zero-order valence-corrected chi connectivity index (χ0v) is 12.3. The van der Waals surface area contributed by atoms with Gasteiger partial charge < -0.3 is 0 Å². The molecule has 0 aliphatic heterocycles. The molecule has 0 fully saturated rings. The maximum absolute atomic E-state index is 12.4. The fraction of sp³-hybridized carbons (Fsp3) is 0.333. The highest BCUT2D eigenvalue weighted by Gasteiger charge is 2.30. The summed E-state index contributed by atoms with van der Waals surface area (Å²) in [5.74, 6) is 0.511. The van der Waals surface area contributed by atoms with Crippen LogP contribution in [-0.2, 0) is 19.0 Å². The van der Waals surface area contributed by atoms with Crippen LogP contribution in [0.5, 0.6) is 0 Å². The fourth-order valence-corrected chi connectivity index (χ4v) is 2.87. The van der Waals surface area contributed by atoms with Crippen LogP contribution >= 0.6 is 23.4 Å². The van der Waals surface area contributed by atoms with E-state index < -0.39 is 11.7 Å². The van der Waals surface area contributed by atoms with Crippen LogP contribution in [0, 0.1) is 6.92 Å². The summed E-state index contributed by atoms with van der Waals surface area (Å²) < 4.78 is 38.8. The Labute approximate surface area is 123 Å². The summed E-state index contributed by atoms with van der Waals surface area (Å²) in [7, 11) is 1.74. The molecule has 108 valence electrons. The van der Waals surface area contributed by atoms with Gasteiger partial charge in [-0.05, 0) is 19.1 Å². The van der Waals surface area contributed by atoms with Crippen LogP contribution in [0.2, 0.25) is 5.15 Å². The van der Waals surface area contributed by atoms with Crippen LogP contribution in [0.25, 0.3) is 0 Å². The highest BCUT2D eigenvalue weighted by molar-refractivity contribution is 7.98. The van der Waals surface area contributed by atoms with Crippen molar-refractivity contribution in [2.24, 2.45) is 7.05 Å². The maximum Gasteiger partial charge on any atom is 0.417 e. The Morgan fingerprint density at radius 1 is 1.35 bits per heavy atom. The molecule has 0 unspecified atom stereocenters. The van der Waals surface area contributed by atoms with Gasteiger partial charge in [-0.15, -0.1) is 11.8 Å². The first-order chi connectivity index (χ1) is 9.29. The second-order valence-electron chi connectivity index (χ2n) is 4.15. The van der Waals surface area contributed by atoms with E-state index in [1.807, 2.05) is 6.92 Å². The van der Waals surface area contributed by atoms with E-state index in [1.54, 1.807) is 11.7 Å². The monoisotopic (exact) mass is 321 g/mol. The lowest BCUT2D eigenvalue weighted by atomic mass is 10.3. The normalized spacial score (nSPS) is 11.9. The summed E-state index contributed by atoms with van der Waals surface area (Å²) in [6.45, 7) is 1.84. The van der Waals surface area contributed by atoms with E-state index in [9.17, 15) is 13.2 Å². The molecule has 20 heavy (non-hydrogen) atoms. The molecule has 3 nitrogen and oxygen atoms in total. The molecule has 0 amide bonds. The van der Waals surface area contributed by atoms with Gasteiger partial charge >= 0.3 is 6.18 Å². The smallest absolute Gasteiger partial charge is 0.257 e. The van der Waals surface area contributed by atoms with Crippen LogP contribution in [0.3, 0.4) is 0 Å². The second-order valence-corrected chi connectivity index (χ2v) is 5.50. The van der Waals surface area contributed by atoms with Gasteiger partial charge in [-0.1, -0.05) is 11.6 Å². The molecule has 0 spiro atoms. The minimum atomic E-state index is -4.36. The SMILES string of the molecule is Cc1nn(C)c(Cl)c1CSc1ccc(C(F)(F)F)cn1. The molecule has 0 atom stereocenters. The number of aromatic nitrogens is 3. The standard InChI is InChI=1S/C12H11ClF3N3S/c1-7-9(11(13)19(2)18-7)6-20-10-4-3-8(5-17-10)12(14,15)16/h3-5H,6H2,1-2H3. The second kappa shape index (κ2) is 5.65. The third-order valence-corrected chi connectivity index (χ3v) is 4.14. The van der Waals surface area contributed by atoms with E-state index in [2.05, 4.69) is 10.1 Å². The van der Waals surface area contributed by atoms with E-state index in [0.29, 0.717) is 15.9 Å². The molecule has 2 heterocycles. The van der Waals surface area contributed by atoms with Gasteiger partial charge in [0.1, 0.15) is 5.15 Å². The number of halogens is 4. The van der Waals surface area contributed by atoms with Crippen molar-refractivity contribution in [3.8, 4) is 0 Å². The van der Waals surface area contributed by atoms with Crippen molar-refractivity contribution in [2.45, 2.75) is 23.9 Å². The molecule has 0 saturated carbocycles. The minimum absolute atomic E-state index is 0.511. The van der Waals surface area contributed by atoms with Crippen molar-refractivity contribution < 1.29 is 13.2 Å². The van der Waals surface area contributed by atoms with E-state index in [1.165, 1.54) is 17.8 Å². The summed E-state index contributed by atoms with van der Waals surface area (Å²) in [6, 6.07) is 2.38. The van der Waals surface area contributed by atoms with Crippen molar-refractivity contribution in [1.82, 2.24) is 14.8 Å². The molecular formula is C12H11ClF3N3S. The lowest BCUT2D eigenvalue weighted by Gasteiger charge is -2.06. The first-order valence-corrected chi connectivity index (χ1v) is 6.99. The summed E-state index contributed by atoms with van der Waals surface area (Å²) in [4.78, 5) is 3.80. The third kappa shape index (κ3) is 3.27. The van der Waals surface area contributed by atoms with Crippen LogP contribution in [0.1, 0.15) is 16.8 Å². The number of aryl methyl sites for hydroxylation is 2. The molecule has 2 rings (SSSR count). The number of rotatable bonds is 3. The number of hydrogen-bond acceptors (Lipinski definition) is 3. The Kier molecular flexibility index (Phi) is 4.29. The largest absolute Gasteiger partial charge is 0.417 e. The number of nitrogens with zero attached hydrogens (tertiary/aromatic N) is 3. The Hall–Kier alpha value is -1.21. The fourth-order valence-electron chi connectivity index (χ4n) is 1.62. The average molecular weight is 322 g/mol. The van der Waals surface area contributed by atoms with E-state index in [-0.39, 0.29) is 0 Å². The number of alkyl halides is 3. The molecule has 0 bridgehead atoms. The quantitative estimate of drug-likeness (QED) is 0.798. The van der Waals surface area contributed by atoms with Crippen molar-refractivity contribution in [2.75, 3.05) is 0 Å². The molecular weight excluding hydrogens is 311 g/mol. The Morgan fingerprint density at radius 2 is 2.05 bits per heavy atom. The summed E-state index contributed by atoms with van der Waals surface area (Å²) in [5, 5.41) is 5.21. The zero-order valence-electron chi connectivity index (χ0n) is 10.7. The van der Waals surface area contributed by atoms with Crippen LogP contribution in [-0.4, -0.2) is 14.8 Å². The molecule has 0 aliphatic rings. The Balaban J connectivity index is 2.08. The van der Waals surface area contributed by atoms with Crippen LogP contribution < -0.4 is 0 Å². The average Bonchev–Trinajstić information content (AvgIpc) is 2.61. The number of thioether (sulfide) groups is 1. The first kappa shape index (κ1) is 15.2. The van der Waals surface area contributed by atoms with Gasteiger partial charge in [0.05, 0.1) is 16.3 Å². The van der Waals surface area contributed by atoms with E-state index >= 15 is 0 Å². The predicted octanol–water partition coefficient (Wildman–Crippen LogP) is 4.09. The first-order valence-electron chi connectivity index (χ1n) is 5.63. The molecule has 2 aromatic heterocycles. The van der Waals surface area contributed by atoms with Crippen LogP contribution in [0.15, 0.2) is 23.4 Å². The van der Waals surface area contributed by atoms with Crippen molar-refractivity contribution in [3.05, 3.63) is 40.3 Å². The highest BCUT2D eigenvalue weighted by atomic mass is 35.5. The van der Waals surface area contributed by atoms with Gasteiger partial charge in [0.25, 0.3) is 0 Å². The minimum Gasteiger partial charge on any atom is -0.257 e. The molecule has 0 radical (unpaired) electrons. The maximum atomic E-state index is 12.4. The zero-order chi connectivity index (χ0) is 14.9. The Morgan fingerprint density at radius 3 is 2.50 bits per heavy atom. The molecule has 2 aromatic rings. The summed E-state index contributed by atoms with van der Waals surface area (Å²) in [6.07, 6.45) is -3.53. The van der Waals surface area contributed by atoms with Gasteiger partial charge in [-0.25, -0.2) is 4.98 Å². The predicted molar refractivity (Wildman–Crippen MR) is 71.8 cm³/mol. The lowest BCUT2D eigenvalue weighted by molar-refractivity contribution is -0.137. The van der Waals surface area contributed by atoms with E-state index in [4.69, 9.17) is 11.6 Å². The topological polar surface area (TPSA) is 30.7 Å². The number of hydrogen-bond donors (Lipinski definition) is 0. The Bertz CT molecular complexity index is 608. The van der Waals surface area contributed by atoms with Gasteiger partial charge in [-0.2, -0.15) is 18.3 Å². The summed E-state index contributed by atoms with van der Waals surface area (Å²) >= 11 is 7.40. The lowest BCUT2D eigenvalue weighted by Crippen LogP contribution is -2.05. The van der Waals surface area contributed by atoms with Crippen molar-refractivity contribution in [1.29, 1.82) is 0 Å². The van der Waals surface area contributed by atoms with Crippen LogP contribution in [0.4, 0.5) is 13.2 Å². The van der Waals surface area contributed by atoms with Gasteiger partial charge in [0, 0.05) is 24.6 Å². The van der Waals surface area contributed by atoms with Gasteiger partial charge in [0.15, 0.2) is 0 Å².